The van der Waals surface area contributed by atoms with Gasteiger partial charge in [0.2, 0.25) is 0 Å². The number of nitrogens with zero attached hydrogens (tertiary/aromatic N) is 1. The van der Waals surface area contributed by atoms with E-state index < -0.39 is 0 Å². The zero-order valence-corrected chi connectivity index (χ0v) is 14.9. The van der Waals surface area contributed by atoms with Crippen molar-refractivity contribution in [2.45, 2.75) is 39.3 Å². The van der Waals surface area contributed by atoms with Crippen molar-refractivity contribution < 1.29 is 14.3 Å². The molecule has 2 rings (SSSR count). The maximum absolute atomic E-state index is 12.5. The molecule has 0 aliphatic rings. The third-order valence-electron chi connectivity index (χ3n) is 4.21. The highest BCUT2D eigenvalue weighted by molar-refractivity contribution is 5.96. The van der Waals surface area contributed by atoms with E-state index in [-0.39, 0.29) is 24.5 Å². The molecule has 0 aromatic heterocycles. The highest BCUT2D eigenvalue weighted by atomic mass is 16.6. The Bertz CT molecular complexity index is 670. The maximum atomic E-state index is 12.5. The number of ketones is 1. The van der Waals surface area contributed by atoms with Crippen LogP contribution in [0.2, 0.25) is 0 Å². The standard InChI is InChI=1S/C21H25NO3/c1-3-19(15-20(23)18-13-9-6-10-14-18)22(4-2)21(24)25-16-17-11-7-5-8-12-17/h5-14,19H,3-4,15-16H2,1-2H3. The van der Waals surface area contributed by atoms with E-state index in [0.717, 1.165) is 5.56 Å². The molecule has 0 saturated carbocycles. The number of ether oxygens (including phenoxy) is 1. The molecule has 132 valence electrons. The van der Waals surface area contributed by atoms with Crippen LogP contribution in [0.3, 0.4) is 0 Å². The fourth-order valence-electron chi connectivity index (χ4n) is 2.77. The summed E-state index contributed by atoms with van der Waals surface area (Å²) in [6.07, 6.45) is 0.626. The lowest BCUT2D eigenvalue weighted by Crippen LogP contribution is -2.41. The maximum Gasteiger partial charge on any atom is 0.410 e. The van der Waals surface area contributed by atoms with Gasteiger partial charge in [-0.25, -0.2) is 4.79 Å². The van der Waals surface area contributed by atoms with Gasteiger partial charge >= 0.3 is 6.09 Å². The number of rotatable bonds is 8. The van der Waals surface area contributed by atoms with Crippen molar-refractivity contribution in [2.75, 3.05) is 6.54 Å². The first-order chi connectivity index (χ1) is 12.2. The third kappa shape index (κ3) is 5.45. The number of Topliss-reactive ketones (excluding diaryl/α,β-unsaturated/α-hetero) is 1. The second kappa shape index (κ2) is 9.62. The molecule has 2 aromatic rings. The van der Waals surface area contributed by atoms with Crippen LogP contribution >= 0.6 is 0 Å². The largest absolute Gasteiger partial charge is 0.445 e. The highest BCUT2D eigenvalue weighted by Crippen LogP contribution is 2.15. The van der Waals surface area contributed by atoms with E-state index in [1.165, 1.54) is 0 Å². The molecular formula is C21H25NO3. The summed E-state index contributed by atoms with van der Waals surface area (Å²) in [6.45, 7) is 4.63. The quantitative estimate of drug-likeness (QED) is 0.655. The van der Waals surface area contributed by atoms with Crippen molar-refractivity contribution in [3.63, 3.8) is 0 Å². The van der Waals surface area contributed by atoms with Gasteiger partial charge in [-0.15, -0.1) is 0 Å². The van der Waals surface area contributed by atoms with Crippen molar-refractivity contribution in [1.82, 2.24) is 4.90 Å². The summed E-state index contributed by atoms with van der Waals surface area (Å²) in [4.78, 5) is 26.6. The summed E-state index contributed by atoms with van der Waals surface area (Å²) < 4.78 is 5.43. The minimum atomic E-state index is -0.376. The Morgan fingerprint density at radius 3 is 2.12 bits per heavy atom. The van der Waals surface area contributed by atoms with Gasteiger partial charge in [0.15, 0.2) is 5.78 Å². The Morgan fingerprint density at radius 2 is 1.56 bits per heavy atom. The molecule has 0 aliphatic heterocycles. The van der Waals surface area contributed by atoms with E-state index in [2.05, 4.69) is 0 Å². The van der Waals surface area contributed by atoms with Crippen LogP contribution in [0.1, 0.15) is 42.6 Å². The first-order valence-corrected chi connectivity index (χ1v) is 8.71. The third-order valence-corrected chi connectivity index (χ3v) is 4.21. The molecule has 0 radical (unpaired) electrons. The SMILES string of the molecule is CCC(CC(=O)c1ccccc1)N(CC)C(=O)OCc1ccccc1. The number of benzene rings is 2. The van der Waals surface area contributed by atoms with Gasteiger partial charge in [-0.3, -0.25) is 4.79 Å². The first-order valence-electron chi connectivity index (χ1n) is 8.71. The minimum Gasteiger partial charge on any atom is -0.445 e. The molecule has 1 unspecified atom stereocenters. The number of hydrogen-bond donors (Lipinski definition) is 0. The van der Waals surface area contributed by atoms with Gasteiger partial charge in [0, 0.05) is 24.6 Å². The van der Waals surface area contributed by atoms with Gasteiger partial charge in [-0.2, -0.15) is 0 Å². The van der Waals surface area contributed by atoms with Crippen LogP contribution in [0.4, 0.5) is 4.79 Å². The van der Waals surface area contributed by atoms with Crippen molar-refractivity contribution in [2.24, 2.45) is 0 Å². The zero-order valence-electron chi connectivity index (χ0n) is 14.9. The summed E-state index contributed by atoms with van der Waals surface area (Å²) in [7, 11) is 0. The Hall–Kier alpha value is -2.62. The number of carbonyl (C=O) groups is 2. The molecule has 25 heavy (non-hydrogen) atoms. The molecule has 0 saturated heterocycles. The van der Waals surface area contributed by atoms with Crippen LogP contribution in [0.25, 0.3) is 0 Å². The Labute approximate surface area is 149 Å². The van der Waals surface area contributed by atoms with E-state index in [9.17, 15) is 9.59 Å². The van der Waals surface area contributed by atoms with Crippen molar-refractivity contribution in [1.29, 1.82) is 0 Å². The van der Waals surface area contributed by atoms with E-state index in [1.54, 1.807) is 17.0 Å². The van der Waals surface area contributed by atoms with Crippen LogP contribution in [0.5, 0.6) is 0 Å². The summed E-state index contributed by atoms with van der Waals surface area (Å²) in [5, 5.41) is 0. The van der Waals surface area contributed by atoms with Crippen LogP contribution in [-0.4, -0.2) is 29.4 Å². The predicted octanol–water partition coefficient (Wildman–Crippen LogP) is 4.70. The smallest absolute Gasteiger partial charge is 0.410 e. The normalized spacial score (nSPS) is 11.6. The Balaban J connectivity index is 1.98. The van der Waals surface area contributed by atoms with Gasteiger partial charge in [0.05, 0.1) is 0 Å². The van der Waals surface area contributed by atoms with Crippen LogP contribution in [-0.2, 0) is 11.3 Å². The lowest BCUT2D eigenvalue weighted by Gasteiger charge is -2.29. The van der Waals surface area contributed by atoms with Gasteiger partial charge in [0.25, 0.3) is 0 Å². The summed E-state index contributed by atoms with van der Waals surface area (Å²) in [5.41, 5.74) is 1.62. The van der Waals surface area contributed by atoms with E-state index in [0.29, 0.717) is 24.9 Å². The number of amides is 1. The lowest BCUT2D eigenvalue weighted by molar-refractivity contribution is 0.0744. The average Bonchev–Trinajstić information content (AvgIpc) is 2.67. The monoisotopic (exact) mass is 339 g/mol. The minimum absolute atomic E-state index is 0.0433. The fourth-order valence-corrected chi connectivity index (χ4v) is 2.77. The number of carbonyl (C=O) groups excluding carboxylic acids is 2. The molecule has 0 N–H and O–H groups in total. The van der Waals surface area contributed by atoms with Gasteiger partial charge in [-0.1, -0.05) is 67.6 Å². The molecule has 1 atom stereocenters. The molecule has 0 fully saturated rings. The first kappa shape index (κ1) is 18.7. The molecule has 1 amide bonds. The topological polar surface area (TPSA) is 46.6 Å². The molecule has 0 aliphatic carbocycles. The van der Waals surface area contributed by atoms with Crippen molar-refractivity contribution in [3.8, 4) is 0 Å². The fraction of sp³-hybridized carbons (Fsp3) is 0.333. The van der Waals surface area contributed by atoms with E-state index in [1.807, 2.05) is 62.4 Å². The van der Waals surface area contributed by atoms with Crippen LogP contribution in [0.15, 0.2) is 60.7 Å². The average molecular weight is 339 g/mol. The summed E-state index contributed by atoms with van der Waals surface area (Å²) in [5.74, 6) is 0.0433. The highest BCUT2D eigenvalue weighted by Gasteiger charge is 2.25. The van der Waals surface area contributed by atoms with E-state index >= 15 is 0 Å². The summed E-state index contributed by atoms with van der Waals surface area (Å²) in [6, 6.07) is 18.6. The second-order valence-corrected chi connectivity index (χ2v) is 5.88. The van der Waals surface area contributed by atoms with Crippen molar-refractivity contribution in [3.05, 3.63) is 71.8 Å². The number of hydrogen-bond acceptors (Lipinski definition) is 3. The van der Waals surface area contributed by atoms with Crippen molar-refractivity contribution >= 4 is 11.9 Å². The van der Waals surface area contributed by atoms with E-state index in [4.69, 9.17) is 4.74 Å². The second-order valence-electron chi connectivity index (χ2n) is 5.88. The Kier molecular flexibility index (Phi) is 7.20. The van der Waals surface area contributed by atoms with Gasteiger partial charge < -0.3 is 9.64 Å². The molecule has 4 nitrogen and oxygen atoms in total. The van der Waals surface area contributed by atoms with Gasteiger partial charge in [-0.05, 0) is 18.9 Å². The van der Waals surface area contributed by atoms with Crippen LogP contribution in [0, 0.1) is 0 Å². The molecule has 0 spiro atoms. The molecule has 0 heterocycles. The molecule has 4 heteroatoms. The predicted molar refractivity (Wildman–Crippen MR) is 98.5 cm³/mol. The molecular weight excluding hydrogens is 314 g/mol. The van der Waals surface area contributed by atoms with Crippen LogP contribution < -0.4 is 0 Å². The zero-order chi connectivity index (χ0) is 18.1. The molecule has 2 aromatic carbocycles. The summed E-state index contributed by atoms with van der Waals surface area (Å²) >= 11 is 0. The van der Waals surface area contributed by atoms with Gasteiger partial charge in [0.1, 0.15) is 6.61 Å². The lowest BCUT2D eigenvalue weighted by atomic mass is 10.0. The Morgan fingerprint density at radius 1 is 0.960 bits per heavy atom. The molecule has 0 bridgehead atoms.